The van der Waals surface area contributed by atoms with E-state index >= 15 is 0 Å². The molecule has 0 amide bonds. The molecular formula is C18H23N3. The van der Waals surface area contributed by atoms with Gasteiger partial charge in [0.15, 0.2) is 0 Å². The van der Waals surface area contributed by atoms with Crippen molar-refractivity contribution in [2.75, 3.05) is 0 Å². The molecule has 21 heavy (non-hydrogen) atoms. The second-order valence-corrected chi connectivity index (χ2v) is 7.13. The van der Waals surface area contributed by atoms with Gasteiger partial charge in [-0.25, -0.2) is 4.98 Å². The van der Waals surface area contributed by atoms with Crippen molar-refractivity contribution >= 4 is 0 Å². The molecule has 0 bridgehead atoms. The molecular weight excluding hydrogens is 258 g/mol. The van der Waals surface area contributed by atoms with Crippen LogP contribution in [0.25, 0.3) is 0 Å². The molecule has 0 fully saturated rings. The molecule has 3 nitrogen and oxygen atoms in total. The van der Waals surface area contributed by atoms with Crippen molar-refractivity contribution in [2.45, 2.75) is 57.0 Å². The first-order valence-electron chi connectivity index (χ1n) is 8.00. The Morgan fingerprint density at radius 1 is 1.38 bits per heavy atom. The van der Waals surface area contributed by atoms with Crippen LogP contribution >= 0.6 is 0 Å². The van der Waals surface area contributed by atoms with Crippen molar-refractivity contribution in [3.8, 4) is 0 Å². The lowest BCUT2D eigenvalue weighted by Gasteiger charge is -2.35. The van der Waals surface area contributed by atoms with Crippen molar-refractivity contribution < 1.29 is 0 Å². The zero-order valence-corrected chi connectivity index (χ0v) is 12.8. The molecule has 1 aromatic heterocycles. The quantitative estimate of drug-likeness (QED) is 0.898. The van der Waals surface area contributed by atoms with Crippen molar-refractivity contribution in [1.82, 2.24) is 15.3 Å². The summed E-state index contributed by atoms with van der Waals surface area (Å²) in [6, 6.07) is 7.38. The van der Waals surface area contributed by atoms with Crippen LogP contribution in [0.4, 0.5) is 0 Å². The molecule has 0 aliphatic heterocycles. The third-order valence-electron chi connectivity index (χ3n) is 5.36. The lowest BCUT2D eigenvalue weighted by atomic mass is 9.69. The van der Waals surface area contributed by atoms with Crippen LogP contribution in [0.3, 0.4) is 0 Å². The molecule has 0 spiro atoms. The average Bonchev–Trinajstić information content (AvgIpc) is 3.10. The highest BCUT2D eigenvalue weighted by Crippen LogP contribution is 2.52. The molecule has 1 heterocycles. The smallest absolute Gasteiger partial charge is 0.120 e. The third kappa shape index (κ3) is 2.11. The van der Waals surface area contributed by atoms with Gasteiger partial charge in [-0.3, -0.25) is 0 Å². The van der Waals surface area contributed by atoms with Gasteiger partial charge in [0.1, 0.15) is 5.82 Å². The van der Waals surface area contributed by atoms with Crippen LogP contribution in [0.2, 0.25) is 0 Å². The topological polar surface area (TPSA) is 40.7 Å². The monoisotopic (exact) mass is 281 g/mol. The summed E-state index contributed by atoms with van der Waals surface area (Å²) < 4.78 is 0. The van der Waals surface area contributed by atoms with E-state index in [1.807, 2.05) is 12.4 Å². The number of nitrogens with one attached hydrogen (secondary N) is 2. The molecule has 2 aliphatic rings. The van der Waals surface area contributed by atoms with E-state index in [1.54, 1.807) is 11.1 Å². The Morgan fingerprint density at radius 3 is 3.10 bits per heavy atom. The minimum atomic E-state index is 0.331. The fourth-order valence-electron chi connectivity index (χ4n) is 4.20. The minimum Gasteiger partial charge on any atom is -0.348 e. The van der Waals surface area contributed by atoms with E-state index in [4.69, 9.17) is 0 Å². The fourth-order valence-corrected chi connectivity index (χ4v) is 4.20. The zero-order valence-electron chi connectivity index (χ0n) is 12.8. The maximum Gasteiger partial charge on any atom is 0.120 e. The second kappa shape index (κ2) is 4.70. The minimum absolute atomic E-state index is 0.331. The van der Waals surface area contributed by atoms with Crippen LogP contribution in [-0.2, 0) is 12.0 Å². The Bertz CT molecular complexity index is 642. The molecule has 0 unspecified atom stereocenters. The van der Waals surface area contributed by atoms with Crippen molar-refractivity contribution in [3.63, 3.8) is 0 Å². The molecule has 0 radical (unpaired) electrons. The summed E-state index contributed by atoms with van der Waals surface area (Å²) in [6.07, 6.45) is 7.58. The lowest BCUT2D eigenvalue weighted by Crippen LogP contribution is -2.25. The van der Waals surface area contributed by atoms with Crippen molar-refractivity contribution in [2.24, 2.45) is 0 Å². The molecule has 2 N–H and O–H groups in total. The van der Waals surface area contributed by atoms with E-state index in [-0.39, 0.29) is 0 Å². The van der Waals surface area contributed by atoms with Gasteiger partial charge in [0.2, 0.25) is 0 Å². The molecule has 4 rings (SSSR count). The molecule has 110 valence electrons. The standard InChI is InChI=1S/C18H23N3/c1-18(2)7-6-12-10-15(21-11-16-19-8-9-20-16)13-4-3-5-14(18)17(12)13/h3-5,8-9,12,15,21H,6-7,10-11H2,1-2H3,(H,19,20)/t12-,15+/m1/s1. The van der Waals surface area contributed by atoms with Crippen LogP contribution < -0.4 is 5.32 Å². The molecule has 0 saturated heterocycles. The molecule has 1 aromatic carbocycles. The number of H-pyrrole nitrogens is 1. The number of benzene rings is 1. The van der Waals surface area contributed by atoms with E-state index in [0.29, 0.717) is 11.5 Å². The van der Waals surface area contributed by atoms with Crippen LogP contribution in [0.15, 0.2) is 30.6 Å². The van der Waals surface area contributed by atoms with E-state index in [0.717, 1.165) is 18.3 Å². The highest BCUT2D eigenvalue weighted by molar-refractivity contribution is 5.48. The SMILES string of the molecule is CC1(C)CC[C@@H]2C[C@H](NCc3ncc[nH]3)c3cccc1c32. The van der Waals surface area contributed by atoms with E-state index in [2.05, 4.69) is 47.3 Å². The Kier molecular flexibility index (Phi) is 2.93. The Balaban J connectivity index is 1.63. The second-order valence-electron chi connectivity index (χ2n) is 7.13. The van der Waals surface area contributed by atoms with Crippen molar-refractivity contribution in [3.05, 3.63) is 53.1 Å². The average molecular weight is 281 g/mol. The highest BCUT2D eigenvalue weighted by atomic mass is 15.0. The van der Waals surface area contributed by atoms with Gasteiger partial charge in [-0.05, 0) is 47.3 Å². The number of aromatic amines is 1. The largest absolute Gasteiger partial charge is 0.348 e. The van der Waals surface area contributed by atoms with Gasteiger partial charge in [0, 0.05) is 18.4 Å². The normalized spacial score (nSPS) is 25.8. The predicted molar refractivity (Wildman–Crippen MR) is 84.2 cm³/mol. The third-order valence-corrected chi connectivity index (χ3v) is 5.36. The van der Waals surface area contributed by atoms with Crippen LogP contribution in [0.1, 0.15) is 67.6 Å². The Hall–Kier alpha value is -1.61. The summed E-state index contributed by atoms with van der Waals surface area (Å²) in [5.41, 5.74) is 5.08. The van der Waals surface area contributed by atoms with Gasteiger partial charge in [-0.15, -0.1) is 0 Å². The van der Waals surface area contributed by atoms with Gasteiger partial charge in [-0.1, -0.05) is 32.0 Å². The molecule has 2 aromatic rings. The Labute approximate surface area is 126 Å². The van der Waals surface area contributed by atoms with Crippen LogP contribution in [0.5, 0.6) is 0 Å². The summed E-state index contributed by atoms with van der Waals surface area (Å²) in [5.74, 6) is 1.77. The molecule has 2 atom stereocenters. The van der Waals surface area contributed by atoms with E-state index < -0.39 is 0 Å². The number of nitrogens with zero attached hydrogens (tertiary/aromatic N) is 1. The highest BCUT2D eigenvalue weighted by Gasteiger charge is 2.40. The summed E-state index contributed by atoms with van der Waals surface area (Å²) in [4.78, 5) is 7.48. The van der Waals surface area contributed by atoms with Crippen LogP contribution in [0, 0.1) is 0 Å². The van der Waals surface area contributed by atoms with Gasteiger partial charge in [0.05, 0.1) is 6.54 Å². The number of aromatic nitrogens is 2. The van der Waals surface area contributed by atoms with Crippen molar-refractivity contribution in [1.29, 1.82) is 0 Å². The Morgan fingerprint density at radius 2 is 2.29 bits per heavy atom. The number of hydrogen-bond donors (Lipinski definition) is 2. The number of rotatable bonds is 3. The summed E-state index contributed by atoms with van der Waals surface area (Å²) >= 11 is 0. The first-order chi connectivity index (χ1) is 10.1. The number of hydrogen-bond acceptors (Lipinski definition) is 2. The first-order valence-corrected chi connectivity index (χ1v) is 8.00. The van der Waals surface area contributed by atoms with Gasteiger partial charge in [0.25, 0.3) is 0 Å². The fraction of sp³-hybridized carbons (Fsp3) is 0.500. The van der Waals surface area contributed by atoms with Gasteiger partial charge in [-0.2, -0.15) is 0 Å². The first kappa shape index (κ1) is 13.1. The molecule has 0 saturated carbocycles. The molecule has 3 heteroatoms. The van der Waals surface area contributed by atoms with E-state index in [9.17, 15) is 0 Å². The maximum absolute atomic E-state index is 4.31. The summed E-state index contributed by atoms with van der Waals surface area (Å²) in [7, 11) is 0. The molecule has 2 aliphatic carbocycles. The predicted octanol–water partition coefficient (Wildman–Crippen LogP) is 3.80. The maximum atomic E-state index is 4.31. The lowest BCUT2D eigenvalue weighted by molar-refractivity contribution is 0.380. The van der Waals surface area contributed by atoms with Gasteiger partial charge < -0.3 is 10.3 Å². The van der Waals surface area contributed by atoms with Crippen LogP contribution in [-0.4, -0.2) is 9.97 Å². The van der Waals surface area contributed by atoms with E-state index in [1.165, 1.54) is 24.8 Å². The summed E-state index contributed by atoms with van der Waals surface area (Å²) in [5, 5.41) is 3.69. The van der Waals surface area contributed by atoms with Gasteiger partial charge >= 0.3 is 0 Å². The zero-order chi connectivity index (χ0) is 14.4. The number of imidazole rings is 1. The summed E-state index contributed by atoms with van der Waals surface area (Å²) in [6.45, 7) is 5.60.